The van der Waals surface area contributed by atoms with Crippen LogP contribution in [0, 0.1) is 11.8 Å². The molecule has 0 spiro atoms. The van der Waals surface area contributed by atoms with Crippen LogP contribution in [0.15, 0.2) is 109 Å². The van der Waals surface area contributed by atoms with Crippen LogP contribution in [0.3, 0.4) is 0 Å². The van der Waals surface area contributed by atoms with E-state index in [0.29, 0.717) is 25.7 Å². The molecule has 0 aromatic heterocycles. The van der Waals surface area contributed by atoms with Crippen molar-refractivity contribution in [3.63, 3.8) is 0 Å². The normalized spacial score (nSPS) is 12.4. The van der Waals surface area contributed by atoms with Gasteiger partial charge >= 0.3 is 11.9 Å². The van der Waals surface area contributed by atoms with Crippen molar-refractivity contribution < 1.29 is 18.2 Å². The van der Waals surface area contributed by atoms with Gasteiger partial charge in [-0.1, -0.05) is 109 Å². The fourth-order valence-corrected chi connectivity index (χ4v) is 5.11. The third kappa shape index (κ3) is 7.03. The van der Waals surface area contributed by atoms with Gasteiger partial charge in [0, 0.05) is 0 Å². The zero-order chi connectivity index (χ0) is 26.7. The van der Waals surface area contributed by atoms with Crippen LogP contribution in [0.2, 0.25) is 0 Å². The fourth-order valence-electron chi connectivity index (χ4n) is 4.86. The zero-order valence-corrected chi connectivity index (χ0v) is 22.3. The van der Waals surface area contributed by atoms with Gasteiger partial charge in [-0.25, -0.2) is 0 Å². The molecule has 4 aromatic rings. The number of hydrogen-bond donors (Lipinski definition) is 0. The molecule has 0 saturated carbocycles. The molecule has 4 rings (SSSR count). The molecular weight excluding hydrogens is 519 g/mol. The predicted molar refractivity (Wildman–Crippen MR) is 151 cm³/mol. The third-order valence-corrected chi connectivity index (χ3v) is 7.12. The largest absolute Gasteiger partial charge is 0.347 e. The first-order chi connectivity index (χ1) is 18.6. The van der Waals surface area contributed by atoms with E-state index in [9.17, 15) is 9.59 Å². The molecule has 2 unspecified atom stereocenters. The molecule has 0 bridgehead atoms. The Morgan fingerprint density at radius 3 is 1.24 bits per heavy atom. The highest BCUT2D eigenvalue weighted by Crippen LogP contribution is 2.31. The zero-order valence-electron chi connectivity index (χ0n) is 20.8. The summed E-state index contributed by atoms with van der Waals surface area (Å²) in [6.45, 7) is 0. The maximum absolute atomic E-state index is 12.7. The van der Waals surface area contributed by atoms with Gasteiger partial charge in [0.25, 0.3) is 0 Å². The van der Waals surface area contributed by atoms with Gasteiger partial charge in [0.2, 0.25) is 0 Å². The minimum Gasteiger partial charge on any atom is -0.347 e. The number of halogens is 2. The van der Waals surface area contributed by atoms with Crippen molar-refractivity contribution in [1.82, 2.24) is 0 Å². The molecule has 0 aliphatic rings. The molecule has 6 heteroatoms. The highest BCUT2D eigenvalue weighted by atomic mass is 35.5. The molecule has 2 atom stereocenters. The van der Waals surface area contributed by atoms with E-state index in [-0.39, 0.29) is 0 Å². The van der Waals surface area contributed by atoms with E-state index >= 15 is 0 Å². The number of rotatable bonds is 11. The van der Waals surface area contributed by atoms with Gasteiger partial charge in [-0.15, -0.1) is 0 Å². The average molecular weight is 547 g/mol. The summed E-state index contributed by atoms with van der Waals surface area (Å²) in [5, 5.41) is 0. The highest BCUT2D eigenvalue weighted by molar-refractivity contribution is 6.13. The van der Waals surface area contributed by atoms with Crippen LogP contribution in [-0.4, -0.2) is 11.9 Å². The summed E-state index contributed by atoms with van der Waals surface area (Å²) in [7, 11) is 0. The molecule has 38 heavy (non-hydrogen) atoms. The van der Waals surface area contributed by atoms with Gasteiger partial charge in [0.1, 0.15) is 23.7 Å². The molecule has 0 amide bonds. The van der Waals surface area contributed by atoms with Crippen molar-refractivity contribution in [2.45, 2.75) is 25.7 Å². The predicted octanol–water partition coefficient (Wildman–Crippen LogP) is 8.21. The van der Waals surface area contributed by atoms with Gasteiger partial charge in [-0.05, 0) is 59.1 Å². The van der Waals surface area contributed by atoms with Crippen molar-refractivity contribution in [2.24, 2.45) is 11.8 Å². The van der Waals surface area contributed by atoms with Gasteiger partial charge in [-0.2, -0.15) is 0 Å². The van der Waals surface area contributed by atoms with Crippen molar-refractivity contribution in [2.75, 3.05) is 0 Å². The first-order valence-electron chi connectivity index (χ1n) is 12.5. The van der Waals surface area contributed by atoms with E-state index in [1.807, 2.05) is 109 Å². The summed E-state index contributed by atoms with van der Waals surface area (Å²) in [4.78, 5) is 25.4. The summed E-state index contributed by atoms with van der Waals surface area (Å²) < 4.78 is 9.27. The Balaban J connectivity index is 1.55. The third-order valence-electron chi connectivity index (χ3n) is 6.82. The lowest BCUT2D eigenvalue weighted by Gasteiger charge is -2.20. The number of hydrogen-bond acceptors (Lipinski definition) is 4. The van der Waals surface area contributed by atoms with Crippen LogP contribution >= 0.6 is 23.7 Å². The summed E-state index contributed by atoms with van der Waals surface area (Å²) in [5.74, 6) is -2.16. The Labute approximate surface area is 233 Å². The van der Waals surface area contributed by atoms with Crippen LogP contribution in [0.5, 0.6) is 0 Å². The highest BCUT2D eigenvalue weighted by Gasteiger charge is 2.28. The first-order valence-corrected chi connectivity index (χ1v) is 13.1. The SMILES string of the molecule is O=C(OCl)C(CCC(Cc1ccccc1-c1ccccc1)C(=O)OCl)Cc1ccccc1-c1ccccc1. The Kier molecular flexibility index (Phi) is 9.97. The van der Waals surface area contributed by atoms with Crippen molar-refractivity contribution in [1.29, 1.82) is 0 Å². The van der Waals surface area contributed by atoms with Gasteiger partial charge in [-0.3, -0.25) is 9.59 Å². The van der Waals surface area contributed by atoms with E-state index in [1.54, 1.807) is 0 Å². The van der Waals surface area contributed by atoms with E-state index in [4.69, 9.17) is 23.7 Å². The second-order valence-corrected chi connectivity index (χ2v) is 9.53. The van der Waals surface area contributed by atoms with Crippen LogP contribution in [-0.2, 0) is 31.0 Å². The minimum atomic E-state index is -0.549. The molecule has 0 aliphatic heterocycles. The minimum absolute atomic E-state index is 0.374. The average Bonchev–Trinajstić information content (AvgIpc) is 2.99. The van der Waals surface area contributed by atoms with Gasteiger partial charge in [0.05, 0.1) is 11.8 Å². The van der Waals surface area contributed by atoms with E-state index in [2.05, 4.69) is 8.58 Å². The summed E-state index contributed by atoms with van der Waals surface area (Å²) in [6.07, 6.45) is 1.58. The van der Waals surface area contributed by atoms with E-state index < -0.39 is 23.8 Å². The van der Waals surface area contributed by atoms with Crippen molar-refractivity contribution in [3.05, 3.63) is 120 Å². The Bertz CT molecular complexity index is 1240. The second kappa shape index (κ2) is 13.8. The molecule has 4 nitrogen and oxygen atoms in total. The van der Waals surface area contributed by atoms with Crippen molar-refractivity contribution >= 4 is 35.7 Å². The monoisotopic (exact) mass is 546 g/mol. The van der Waals surface area contributed by atoms with E-state index in [0.717, 1.165) is 33.4 Å². The lowest BCUT2D eigenvalue weighted by molar-refractivity contribution is -0.141. The lowest BCUT2D eigenvalue weighted by Crippen LogP contribution is -2.23. The molecular formula is C32H28Cl2O4. The van der Waals surface area contributed by atoms with Gasteiger partial charge in [0.15, 0.2) is 0 Å². The molecule has 0 heterocycles. The first kappa shape index (κ1) is 27.4. The van der Waals surface area contributed by atoms with Gasteiger partial charge < -0.3 is 8.58 Å². The standard InChI is InChI=1S/C32H28Cl2O4/c33-37-31(35)27(21-25-15-7-9-17-29(25)23-11-3-1-4-12-23)19-20-28(32(36)38-34)22-26-16-8-10-18-30(26)24-13-5-2-6-14-24/h1-18,27-28H,19-22H2. The summed E-state index contributed by atoms with van der Waals surface area (Å²) in [5.41, 5.74) is 6.18. The van der Waals surface area contributed by atoms with Crippen LogP contribution in [0.1, 0.15) is 24.0 Å². The maximum atomic E-state index is 12.7. The molecule has 4 aromatic carbocycles. The smallest absolute Gasteiger partial charge is 0.328 e. The number of benzene rings is 4. The molecule has 0 fully saturated rings. The fraction of sp³-hybridized carbons (Fsp3) is 0.188. The quantitative estimate of drug-likeness (QED) is 0.190. The second-order valence-electron chi connectivity index (χ2n) is 9.22. The number of carbonyl (C=O) groups is 2. The summed E-state index contributed by atoms with van der Waals surface area (Å²) in [6, 6.07) is 35.9. The molecule has 0 N–H and O–H groups in total. The molecule has 0 aliphatic carbocycles. The van der Waals surface area contributed by atoms with Crippen LogP contribution in [0.25, 0.3) is 22.3 Å². The lowest BCUT2D eigenvalue weighted by atomic mass is 9.85. The number of carbonyl (C=O) groups excluding carboxylic acids is 2. The molecule has 0 saturated heterocycles. The Morgan fingerprint density at radius 1 is 0.526 bits per heavy atom. The topological polar surface area (TPSA) is 52.6 Å². The maximum Gasteiger partial charge on any atom is 0.328 e. The van der Waals surface area contributed by atoms with Crippen molar-refractivity contribution in [3.8, 4) is 22.3 Å². The molecule has 0 radical (unpaired) electrons. The van der Waals surface area contributed by atoms with E-state index in [1.165, 1.54) is 0 Å². The Morgan fingerprint density at radius 2 is 0.868 bits per heavy atom. The van der Waals surface area contributed by atoms with Crippen LogP contribution in [0.4, 0.5) is 0 Å². The molecule has 194 valence electrons. The summed E-state index contributed by atoms with van der Waals surface area (Å²) >= 11 is 11.1. The Hall–Kier alpha value is -3.60. The van der Waals surface area contributed by atoms with Crippen LogP contribution < -0.4 is 0 Å².